The highest BCUT2D eigenvalue weighted by Gasteiger charge is 2.15. The molecule has 0 spiro atoms. The van der Waals surface area contributed by atoms with Gasteiger partial charge < -0.3 is 5.32 Å². The number of benzene rings is 2. The molecule has 0 aliphatic rings. The van der Waals surface area contributed by atoms with Gasteiger partial charge in [-0.05, 0) is 35.6 Å². The van der Waals surface area contributed by atoms with E-state index in [0.717, 1.165) is 5.56 Å². The zero-order valence-corrected chi connectivity index (χ0v) is 12.9. The minimum absolute atomic E-state index is 0.0788. The van der Waals surface area contributed by atoms with Gasteiger partial charge in [0, 0.05) is 6.04 Å². The molecule has 2 rings (SSSR count). The molecule has 0 fully saturated rings. The van der Waals surface area contributed by atoms with Gasteiger partial charge in [-0.1, -0.05) is 51.1 Å². The van der Waals surface area contributed by atoms with E-state index in [-0.39, 0.29) is 17.1 Å². The van der Waals surface area contributed by atoms with Crippen molar-refractivity contribution in [3.8, 4) is 0 Å². The smallest absolute Gasteiger partial charge is 0.149 e. The van der Waals surface area contributed by atoms with Crippen LogP contribution >= 0.6 is 0 Å². The van der Waals surface area contributed by atoms with Gasteiger partial charge in [-0.15, -0.1) is 0 Å². The fourth-order valence-electron chi connectivity index (χ4n) is 2.21. The Morgan fingerprint density at radius 3 is 1.90 bits per heavy atom. The molecule has 0 amide bonds. The molecular weight excluding hydrogens is 268 g/mol. The van der Waals surface area contributed by atoms with E-state index in [9.17, 15) is 8.78 Å². The third-order valence-electron chi connectivity index (χ3n) is 3.60. The number of hydrogen-bond donors (Lipinski definition) is 1. The van der Waals surface area contributed by atoms with Crippen molar-refractivity contribution in [2.24, 2.45) is 0 Å². The van der Waals surface area contributed by atoms with Crippen LogP contribution in [0.3, 0.4) is 0 Å². The summed E-state index contributed by atoms with van der Waals surface area (Å²) in [6.45, 7) is 8.34. The number of hydrogen-bond acceptors (Lipinski definition) is 1. The second-order valence-corrected chi connectivity index (χ2v) is 6.33. The zero-order valence-electron chi connectivity index (χ0n) is 12.9. The molecule has 1 N–H and O–H groups in total. The van der Waals surface area contributed by atoms with Crippen LogP contribution < -0.4 is 5.32 Å². The zero-order chi connectivity index (χ0) is 15.6. The van der Waals surface area contributed by atoms with Crippen LogP contribution in [-0.4, -0.2) is 0 Å². The number of nitrogens with one attached hydrogen (secondary N) is 1. The maximum absolute atomic E-state index is 13.6. The van der Waals surface area contributed by atoms with Gasteiger partial charge in [0.15, 0.2) is 0 Å². The molecule has 1 nitrogen and oxygen atoms in total. The lowest BCUT2D eigenvalue weighted by molar-refractivity contribution is 0.584. The van der Waals surface area contributed by atoms with Crippen molar-refractivity contribution < 1.29 is 8.78 Å². The molecule has 2 aromatic rings. The standard InChI is InChI=1S/C18H21F2N/c1-12(21-17-15(19)6-5-7-16(17)20)13-8-10-14(11-9-13)18(2,3)4/h5-12,21H,1-4H3. The van der Waals surface area contributed by atoms with Gasteiger partial charge in [0.25, 0.3) is 0 Å². The Morgan fingerprint density at radius 1 is 0.905 bits per heavy atom. The minimum atomic E-state index is -0.576. The molecule has 1 atom stereocenters. The van der Waals surface area contributed by atoms with Crippen molar-refractivity contribution in [2.75, 3.05) is 5.32 Å². The first-order valence-electron chi connectivity index (χ1n) is 7.10. The summed E-state index contributed by atoms with van der Waals surface area (Å²) in [5.74, 6) is -1.15. The summed E-state index contributed by atoms with van der Waals surface area (Å²) in [5.41, 5.74) is 2.23. The van der Waals surface area contributed by atoms with Crippen LogP contribution in [0.15, 0.2) is 42.5 Å². The van der Waals surface area contributed by atoms with Crippen LogP contribution in [0, 0.1) is 11.6 Å². The summed E-state index contributed by atoms with van der Waals surface area (Å²) in [5, 5.41) is 2.90. The van der Waals surface area contributed by atoms with E-state index in [4.69, 9.17) is 0 Å². The summed E-state index contributed by atoms with van der Waals surface area (Å²) in [6, 6.07) is 11.8. The largest absolute Gasteiger partial charge is 0.374 e. The van der Waals surface area contributed by atoms with Gasteiger partial charge in [0.2, 0.25) is 0 Å². The lowest BCUT2D eigenvalue weighted by Gasteiger charge is -2.21. The molecule has 0 aliphatic heterocycles. The average molecular weight is 289 g/mol. The molecule has 0 radical (unpaired) electrons. The Labute approximate surface area is 125 Å². The quantitative estimate of drug-likeness (QED) is 0.793. The van der Waals surface area contributed by atoms with Crippen molar-refractivity contribution >= 4 is 5.69 Å². The second kappa shape index (κ2) is 5.84. The summed E-state index contributed by atoms with van der Waals surface area (Å²) < 4.78 is 27.3. The predicted octanol–water partition coefficient (Wildman–Crippen LogP) is 5.44. The summed E-state index contributed by atoms with van der Waals surface area (Å²) in [7, 11) is 0. The van der Waals surface area contributed by atoms with Crippen molar-refractivity contribution in [2.45, 2.75) is 39.2 Å². The molecule has 0 bridgehead atoms. The maximum Gasteiger partial charge on any atom is 0.149 e. The van der Waals surface area contributed by atoms with E-state index in [1.54, 1.807) is 0 Å². The molecular formula is C18H21F2N. The molecule has 21 heavy (non-hydrogen) atoms. The minimum Gasteiger partial charge on any atom is -0.374 e. The Balaban J connectivity index is 2.19. The number of halogens is 2. The van der Waals surface area contributed by atoms with E-state index < -0.39 is 11.6 Å². The highest BCUT2D eigenvalue weighted by atomic mass is 19.1. The second-order valence-electron chi connectivity index (χ2n) is 6.33. The van der Waals surface area contributed by atoms with Crippen molar-refractivity contribution in [1.29, 1.82) is 0 Å². The summed E-state index contributed by atoms with van der Waals surface area (Å²) in [6.07, 6.45) is 0. The third-order valence-corrected chi connectivity index (χ3v) is 3.60. The lowest BCUT2D eigenvalue weighted by atomic mass is 9.86. The predicted molar refractivity (Wildman–Crippen MR) is 83.5 cm³/mol. The van der Waals surface area contributed by atoms with E-state index in [1.165, 1.54) is 23.8 Å². The summed E-state index contributed by atoms with van der Waals surface area (Å²) in [4.78, 5) is 0. The molecule has 0 aliphatic carbocycles. The Morgan fingerprint density at radius 2 is 1.43 bits per heavy atom. The fourth-order valence-corrected chi connectivity index (χ4v) is 2.21. The lowest BCUT2D eigenvalue weighted by Crippen LogP contribution is -2.12. The molecule has 1 unspecified atom stereocenters. The molecule has 112 valence electrons. The van der Waals surface area contributed by atoms with Crippen molar-refractivity contribution in [3.63, 3.8) is 0 Å². The van der Waals surface area contributed by atoms with Crippen LogP contribution in [0.25, 0.3) is 0 Å². The highest BCUT2D eigenvalue weighted by Crippen LogP contribution is 2.27. The van der Waals surface area contributed by atoms with Crippen LogP contribution in [-0.2, 0) is 5.41 Å². The Kier molecular flexibility index (Phi) is 4.31. The van der Waals surface area contributed by atoms with Gasteiger partial charge in [-0.2, -0.15) is 0 Å². The Bertz CT molecular complexity index is 592. The highest BCUT2D eigenvalue weighted by molar-refractivity contribution is 5.48. The van der Waals surface area contributed by atoms with Gasteiger partial charge in [-0.25, -0.2) is 8.78 Å². The van der Waals surface area contributed by atoms with E-state index in [2.05, 4.69) is 38.2 Å². The van der Waals surface area contributed by atoms with E-state index in [0.29, 0.717) is 0 Å². The van der Waals surface area contributed by atoms with Crippen LogP contribution in [0.1, 0.15) is 44.9 Å². The first-order valence-corrected chi connectivity index (χ1v) is 7.10. The van der Waals surface area contributed by atoms with Gasteiger partial charge in [0.05, 0.1) is 0 Å². The molecule has 0 heterocycles. The van der Waals surface area contributed by atoms with Crippen molar-refractivity contribution in [1.82, 2.24) is 0 Å². The average Bonchev–Trinajstić information content (AvgIpc) is 2.42. The van der Waals surface area contributed by atoms with Gasteiger partial charge >= 0.3 is 0 Å². The van der Waals surface area contributed by atoms with Crippen molar-refractivity contribution in [3.05, 3.63) is 65.2 Å². The van der Waals surface area contributed by atoms with Crippen LogP contribution in [0.4, 0.5) is 14.5 Å². The normalized spacial score (nSPS) is 13.0. The van der Waals surface area contributed by atoms with Gasteiger partial charge in [-0.3, -0.25) is 0 Å². The van der Waals surface area contributed by atoms with E-state index >= 15 is 0 Å². The molecule has 0 saturated heterocycles. The summed E-state index contributed by atoms with van der Waals surface area (Å²) >= 11 is 0. The molecule has 3 heteroatoms. The van der Waals surface area contributed by atoms with Crippen LogP contribution in [0.5, 0.6) is 0 Å². The first-order chi connectivity index (χ1) is 9.79. The molecule has 2 aromatic carbocycles. The molecule has 0 saturated carbocycles. The van der Waals surface area contributed by atoms with E-state index in [1.807, 2.05) is 19.1 Å². The maximum atomic E-state index is 13.6. The SMILES string of the molecule is CC(Nc1c(F)cccc1F)c1ccc(C(C)(C)C)cc1. The van der Waals surface area contributed by atoms with Gasteiger partial charge in [0.1, 0.15) is 17.3 Å². The topological polar surface area (TPSA) is 12.0 Å². The number of anilines is 1. The molecule has 0 aromatic heterocycles. The first kappa shape index (κ1) is 15.5. The number of rotatable bonds is 3. The van der Waals surface area contributed by atoms with Crippen LogP contribution in [0.2, 0.25) is 0 Å². The Hall–Kier alpha value is -1.90. The monoisotopic (exact) mass is 289 g/mol. The number of para-hydroxylation sites is 1. The fraction of sp³-hybridized carbons (Fsp3) is 0.333. The third kappa shape index (κ3) is 3.60.